The quantitative estimate of drug-likeness (QED) is 0.400. The van der Waals surface area contributed by atoms with Gasteiger partial charge in [0.2, 0.25) is 5.91 Å². The zero-order chi connectivity index (χ0) is 24.5. The number of thiazole rings is 1. The molecule has 2 aromatic heterocycles. The van der Waals surface area contributed by atoms with Crippen molar-refractivity contribution in [1.82, 2.24) is 36.1 Å². The Kier molecular flexibility index (Phi) is 7.05. The molecular formula is C25H31ClN8OS. The van der Waals surface area contributed by atoms with E-state index in [0.29, 0.717) is 11.1 Å². The molecule has 4 N–H and O–H groups in total. The maximum absolute atomic E-state index is 13.6. The van der Waals surface area contributed by atoms with Crippen molar-refractivity contribution in [3.8, 4) is 0 Å². The minimum absolute atomic E-state index is 0.0147. The van der Waals surface area contributed by atoms with E-state index in [2.05, 4.69) is 42.1 Å². The Morgan fingerprint density at radius 2 is 1.97 bits per heavy atom. The lowest BCUT2D eigenvalue weighted by atomic mass is 10.00. The van der Waals surface area contributed by atoms with Crippen molar-refractivity contribution in [3.63, 3.8) is 0 Å². The summed E-state index contributed by atoms with van der Waals surface area (Å²) in [6.07, 6.45) is 3.47. The molecule has 1 amide bonds. The third-order valence-electron chi connectivity index (χ3n) is 7.24. The van der Waals surface area contributed by atoms with Crippen LogP contribution >= 0.6 is 22.9 Å². The molecule has 3 saturated heterocycles. The largest absolute Gasteiger partial charge is 0.354 e. The number of para-hydroxylation sites is 1. The Morgan fingerprint density at radius 3 is 2.72 bits per heavy atom. The molecule has 3 aromatic rings. The van der Waals surface area contributed by atoms with E-state index in [9.17, 15) is 4.79 Å². The first-order valence-electron chi connectivity index (χ1n) is 12.6. The summed E-state index contributed by atoms with van der Waals surface area (Å²) in [5.74, 6) is 0.556. The molecule has 3 aliphatic rings. The summed E-state index contributed by atoms with van der Waals surface area (Å²) in [6, 6.07) is 12.2. The van der Waals surface area contributed by atoms with E-state index in [0.717, 1.165) is 73.2 Å². The molecule has 3 unspecified atom stereocenters. The summed E-state index contributed by atoms with van der Waals surface area (Å²) in [5.41, 5.74) is 0.942. The van der Waals surface area contributed by atoms with Gasteiger partial charge in [-0.25, -0.2) is 9.97 Å². The number of halogens is 1. The first-order valence-corrected chi connectivity index (χ1v) is 13.8. The molecular weight excluding hydrogens is 496 g/mol. The molecule has 9 nitrogen and oxygen atoms in total. The number of piperidine rings is 1. The second-order valence-electron chi connectivity index (χ2n) is 9.62. The van der Waals surface area contributed by atoms with Crippen molar-refractivity contribution in [2.75, 3.05) is 44.2 Å². The molecule has 3 aliphatic heterocycles. The average Bonchev–Trinajstić information content (AvgIpc) is 3.33. The summed E-state index contributed by atoms with van der Waals surface area (Å²) in [5, 5.41) is 15.7. The molecule has 0 spiro atoms. The van der Waals surface area contributed by atoms with E-state index in [1.165, 1.54) is 0 Å². The highest BCUT2D eigenvalue weighted by Crippen LogP contribution is 2.31. The Labute approximate surface area is 219 Å². The van der Waals surface area contributed by atoms with Crippen LogP contribution in [0.15, 0.2) is 42.6 Å². The van der Waals surface area contributed by atoms with Crippen LogP contribution in [0.25, 0.3) is 10.2 Å². The highest BCUT2D eigenvalue weighted by molar-refractivity contribution is 7.18. The molecule has 0 bridgehead atoms. The molecule has 4 atom stereocenters. The molecule has 1 aromatic carbocycles. The molecule has 5 heterocycles. The van der Waals surface area contributed by atoms with Gasteiger partial charge in [0.25, 0.3) is 0 Å². The van der Waals surface area contributed by atoms with Gasteiger partial charge in [-0.15, -0.1) is 11.3 Å². The molecule has 190 valence electrons. The Hall–Kier alpha value is -2.34. The van der Waals surface area contributed by atoms with E-state index in [4.69, 9.17) is 16.6 Å². The summed E-state index contributed by atoms with van der Waals surface area (Å²) in [7, 11) is 0. The maximum Gasteiger partial charge on any atom is 0.235 e. The zero-order valence-corrected chi connectivity index (χ0v) is 21.6. The van der Waals surface area contributed by atoms with Gasteiger partial charge in [-0.1, -0.05) is 23.7 Å². The molecule has 11 heteroatoms. The second kappa shape index (κ2) is 10.6. The van der Waals surface area contributed by atoms with Crippen molar-refractivity contribution in [2.45, 2.75) is 37.3 Å². The van der Waals surface area contributed by atoms with Crippen LogP contribution in [0.1, 0.15) is 23.8 Å². The molecule has 6 rings (SSSR count). The number of anilines is 1. The van der Waals surface area contributed by atoms with Crippen LogP contribution in [0.4, 0.5) is 5.82 Å². The number of piperazine rings is 1. The molecule has 36 heavy (non-hydrogen) atoms. The lowest BCUT2D eigenvalue weighted by Crippen LogP contribution is -2.72. The number of benzene rings is 1. The van der Waals surface area contributed by atoms with Crippen LogP contribution in [-0.2, 0) is 4.79 Å². The number of carbonyl (C=O) groups excluding carboxylic acids is 1. The topological polar surface area (TPSA) is 97.5 Å². The minimum Gasteiger partial charge on any atom is -0.354 e. The van der Waals surface area contributed by atoms with Gasteiger partial charge in [0.05, 0.1) is 21.4 Å². The highest BCUT2D eigenvalue weighted by atomic mass is 35.5. The number of hydrogen-bond donors (Lipinski definition) is 4. The maximum atomic E-state index is 13.6. The fourth-order valence-corrected chi connectivity index (χ4v) is 6.53. The monoisotopic (exact) mass is 526 g/mol. The normalized spacial score (nSPS) is 27.8. The van der Waals surface area contributed by atoms with Gasteiger partial charge >= 0.3 is 0 Å². The van der Waals surface area contributed by atoms with Gasteiger partial charge < -0.3 is 15.5 Å². The zero-order valence-electron chi connectivity index (χ0n) is 20.0. The van der Waals surface area contributed by atoms with Gasteiger partial charge in [0, 0.05) is 45.0 Å². The predicted octanol–water partition coefficient (Wildman–Crippen LogP) is 1.92. The number of amides is 1. The van der Waals surface area contributed by atoms with Crippen molar-refractivity contribution in [1.29, 1.82) is 0 Å². The van der Waals surface area contributed by atoms with E-state index in [1.807, 2.05) is 30.3 Å². The number of nitrogens with zero attached hydrogens (tertiary/aromatic N) is 4. The van der Waals surface area contributed by atoms with Crippen LogP contribution in [0, 0.1) is 0 Å². The van der Waals surface area contributed by atoms with Gasteiger partial charge in [0.15, 0.2) is 0 Å². The third-order valence-corrected chi connectivity index (χ3v) is 8.58. The fourth-order valence-electron chi connectivity index (χ4n) is 5.31. The highest BCUT2D eigenvalue weighted by Gasteiger charge is 2.42. The first kappa shape index (κ1) is 24.0. The summed E-state index contributed by atoms with van der Waals surface area (Å²) in [4.78, 5) is 27.4. The number of rotatable bonds is 5. The molecule has 0 radical (unpaired) electrons. The van der Waals surface area contributed by atoms with Crippen LogP contribution in [0.5, 0.6) is 0 Å². The average molecular weight is 527 g/mol. The Morgan fingerprint density at radius 1 is 1.11 bits per heavy atom. The smallest absolute Gasteiger partial charge is 0.235 e. The minimum atomic E-state index is -0.389. The summed E-state index contributed by atoms with van der Waals surface area (Å²) in [6.45, 7) is 5.23. The standard InChI is InChI=1S/C25H31ClN8OS/c26-16-7-8-20(28-14-16)33-10-12-34(13-11-33)25-31-22(29-17-4-3-9-27-15-17)21(23(35)32-25)24-30-18-5-1-2-6-19(18)36-24/h1-2,5-8,14,17,21-22,25,27,29,31H,3-4,9-13,15H2,(H,32,35)/t17-,21?,22?,25?/m1/s1. The third kappa shape index (κ3) is 5.06. The summed E-state index contributed by atoms with van der Waals surface area (Å²) < 4.78 is 1.10. The predicted molar refractivity (Wildman–Crippen MR) is 143 cm³/mol. The lowest BCUT2D eigenvalue weighted by Gasteiger charge is -2.46. The van der Waals surface area contributed by atoms with E-state index < -0.39 is 0 Å². The van der Waals surface area contributed by atoms with Gasteiger partial charge in [-0.3, -0.25) is 20.3 Å². The van der Waals surface area contributed by atoms with Crippen molar-refractivity contribution in [3.05, 3.63) is 52.6 Å². The van der Waals surface area contributed by atoms with Crippen LogP contribution < -0.4 is 26.2 Å². The Balaban J connectivity index is 1.18. The summed E-state index contributed by atoms with van der Waals surface area (Å²) >= 11 is 7.60. The van der Waals surface area contributed by atoms with Gasteiger partial charge in [-0.2, -0.15) is 0 Å². The van der Waals surface area contributed by atoms with E-state index >= 15 is 0 Å². The van der Waals surface area contributed by atoms with Crippen molar-refractivity contribution < 1.29 is 4.79 Å². The molecule has 0 saturated carbocycles. The molecule has 0 aliphatic carbocycles. The number of nitrogens with one attached hydrogen (secondary N) is 4. The number of pyridine rings is 1. The molecule has 3 fully saturated rings. The first-order chi connectivity index (χ1) is 17.6. The van der Waals surface area contributed by atoms with E-state index in [-0.39, 0.29) is 24.3 Å². The number of carbonyl (C=O) groups is 1. The number of hydrogen-bond acceptors (Lipinski definition) is 9. The lowest BCUT2D eigenvalue weighted by molar-refractivity contribution is -0.129. The fraction of sp³-hybridized carbons (Fsp3) is 0.480. The number of fused-ring (bicyclic) bond motifs is 1. The van der Waals surface area contributed by atoms with Crippen molar-refractivity contribution >= 4 is 44.9 Å². The SMILES string of the molecule is O=C1NC(N2CCN(c3ccc(Cl)cn3)CC2)NC(N[C@@H]2CCCNC2)C1c1nc2ccccc2s1. The Bertz CT molecular complexity index is 1160. The van der Waals surface area contributed by atoms with Crippen LogP contribution in [-0.4, -0.2) is 78.5 Å². The number of aromatic nitrogens is 2. The van der Waals surface area contributed by atoms with E-state index in [1.54, 1.807) is 17.5 Å². The van der Waals surface area contributed by atoms with Crippen LogP contribution in [0.2, 0.25) is 5.02 Å². The van der Waals surface area contributed by atoms with Gasteiger partial charge in [0.1, 0.15) is 23.0 Å². The van der Waals surface area contributed by atoms with Crippen LogP contribution in [0.3, 0.4) is 0 Å². The second-order valence-corrected chi connectivity index (χ2v) is 11.1. The van der Waals surface area contributed by atoms with Crippen molar-refractivity contribution in [2.24, 2.45) is 0 Å². The van der Waals surface area contributed by atoms with Gasteiger partial charge in [-0.05, 0) is 43.7 Å².